The van der Waals surface area contributed by atoms with Gasteiger partial charge in [0.25, 0.3) is 0 Å². The van der Waals surface area contributed by atoms with Crippen molar-refractivity contribution >= 4 is 5.69 Å². The number of rotatable bonds is 6. The summed E-state index contributed by atoms with van der Waals surface area (Å²) in [5.74, 6) is 2.50. The van der Waals surface area contributed by atoms with Gasteiger partial charge in [0.05, 0.1) is 18.3 Å². The van der Waals surface area contributed by atoms with Crippen LogP contribution in [0.4, 0.5) is 10.1 Å². The lowest BCUT2D eigenvalue weighted by atomic mass is 10.0. The highest BCUT2D eigenvalue weighted by molar-refractivity contribution is 5.48. The summed E-state index contributed by atoms with van der Waals surface area (Å²) >= 11 is 0. The van der Waals surface area contributed by atoms with E-state index in [1.807, 2.05) is 35.0 Å². The van der Waals surface area contributed by atoms with Crippen LogP contribution in [0.15, 0.2) is 42.5 Å². The zero-order valence-electron chi connectivity index (χ0n) is 18.3. The van der Waals surface area contributed by atoms with E-state index in [0.717, 1.165) is 49.1 Å². The normalized spacial score (nSPS) is 17.2. The number of piperazine rings is 1. The standard InChI is InChI=1S/C23H27FN6O2/c1-16(2)22(29-11-9-28(10-12-29)19-6-4-3-5-18(19)24)23-25-26-27-30(23)14-17-7-8-20-21(13-17)32-15-31-20/h3-8,13,16,22H,9-12,14-15H2,1-2H3/t22-/m1/s1. The fourth-order valence-electron chi connectivity index (χ4n) is 4.58. The molecule has 168 valence electrons. The van der Waals surface area contributed by atoms with Gasteiger partial charge in [-0.15, -0.1) is 5.10 Å². The summed E-state index contributed by atoms with van der Waals surface area (Å²) in [6.45, 7) is 8.32. The van der Waals surface area contributed by atoms with Gasteiger partial charge < -0.3 is 14.4 Å². The van der Waals surface area contributed by atoms with Crippen molar-refractivity contribution < 1.29 is 13.9 Å². The zero-order valence-corrected chi connectivity index (χ0v) is 18.3. The van der Waals surface area contributed by atoms with Gasteiger partial charge in [-0.05, 0) is 46.2 Å². The lowest BCUT2D eigenvalue weighted by Gasteiger charge is -2.41. The smallest absolute Gasteiger partial charge is 0.231 e. The molecule has 0 radical (unpaired) electrons. The van der Waals surface area contributed by atoms with Crippen molar-refractivity contribution in [2.45, 2.75) is 26.4 Å². The summed E-state index contributed by atoms with van der Waals surface area (Å²) in [5.41, 5.74) is 1.72. The molecule has 2 aliphatic heterocycles. The molecule has 0 saturated carbocycles. The molecule has 2 aromatic carbocycles. The van der Waals surface area contributed by atoms with Crippen LogP contribution in [0, 0.1) is 11.7 Å². The molecular formula is C23H27FN6O2. The molecule has 1 aromatic heterocycles. The molecule has 8 nitrogen and oxygen atoms in total. The molecule has 9 heteroatoms. The molecule has 3 heterocycles. The number of tetrazole rings is 1. The van der Waals surface area contributed by atoms with Crippen LogP contribution in [0.3, 0.4) is 0 Å². The van der Waals surface area contributed by atoms with Crippen LogP contribution < -0.4 is 14.4 Å². The Kier molecular flexibility index (Phi) is 5.65. The molecule has 32 heavy (non-hydrogen) atoms. The summed E-state index contributed by atoms with van der Waals surface area (Å²) in [6.07, 6.45) is 0. The van der Waals surface area contributed by atoms with E-state index in [1.165, 1.54) is 6.07 Å². The van der Waals surface area contributed by atoms with E-state index in [9.17, 15) is 4.39 Å². The number of benzene rings is 2. The van der Waals surface area contributed by atoms with Crippen molar-refractivity contribution in [3.8, 4) is 11.5 Å². The molecule has 0 spiro atoms. The second-order valence-corrected chi connectivity index (χ2v) is 8.55. The molecule has 0 N–H and O–H groups in total. The van der Waals surface area contributed by atoms with Crippen molar-refractivity contribution in [2.24, 2.45) is 5.92 Å². The minimum atomic E-state index is -0.172. The molecule has 5 rings (SSSR count). The summed E-state index contributed by atoms with van der Waals surface area (Å²) in [6, 6.07) is 12.9. The Morgan fingerprint density at radius 3 is 2.56 bits per heavy atom. The van der Waals surface area contributed by atoms with Gasteiger partial charge in [0.1, 0.15) is 5.82 Å². The van der Waals surface area contributed by atoms with Crippen LogP contribution in [-0.4, -0.2) is 58.1 Å². The molecule has 0 amide bonds. The lowest BCUT2D eigenvalue weighted by molar-refractivity contribution is 0.135. The summed E-state index contributed by atoms with van der Waals surface area (Å²) in [4.78, 5) is 4.52. The minimum Gasteiger partial charge on any atom is -0.454 e. The topological polar surface area (TPSA) is 68.5 Å². The van der Waals surface area contributed by atoms with Crippen LogP contribution in [0.25, 0.3) is 0 Å². The van der Waals surface area contributed by atoms with E-state index in [-0.39, 0.29) is 18.7 Å². The molecular weight excluding hydrogens is 411 g/mol. The maximum Gasteiger partial charge on any atom is 0.231 e. The number of aromatic nitrogens is 4. The summed E-state index contributed by atoms with van der Waals surface area (Å²) < 4.78 is 27.0. The van der Waals surface area contributed by atoms with Crippen LogP contribution in [0.2, 0.25) is 0 Å². The van der Waals surface area contributed by atoms with Crippen LogP contribution in [-0.2, 0) is 6.54 Å². The SMILES string of the molecule is CC(C)[C@H](c1nnnn1Cc1ccc2c(c1)OCO2)N1CCN(c2ccccc2F)CC1. The Morgan fingerprint density at radius 2 is 1.78 bits per heavy atom. The summed E-state index contributed by atoms with van der Waals surface area (Å²) in [7, 11) is 0. The molecule has 1 saturated heterocycles. The lowest BCUT2D eigenvalue weighted by Crippen LogP contribution is -2.49. The van der Waals surface area contributed by atoms with Crippen LogP contribution in [0.1, 0.15) is 31.3 Å². The molecule has 0 aliphatic carbocycles. The summed E-state index contributed by atoms with van der Waals surface area (Å²) in [5, 5.41) is 12.7. The van der Waals surface area contributed by atoms with Gasteiger partial charge in [0.15, 0.2) is 17.3 Å². The molecule has 0 bridgehead atoms. The Morgan fingerprint density at radius 1 is 1.00 bits per heavy atom. The fourth-order valence-corrected chi connectivity index (χ4v) is 4.58. The highest BCUT2D eigenvalue weighted by Gasteiger charge is 2.32. The van der Waals surface area contributed by atoms with Gasteiger partial charge in [-0.2, -0.15) is 0 Å². The van der Waals surface area contributed by atoms with Gasteiger partial charge in [-0.1, -0.05) is 32.0 Å². The van der Waals surface area contributed by atoms with Crippen molar-refractivity contribution in [1.82, 2.24) is 25.1 Å². The maximum atomic E-state index is 14.2. The Bertz CT molecular complexity index is 1080. The van der Waals surface area contributed by atoms with Crippen LogP contribution >= 0.6 is 0 Å². The number of hydrogen-bond donors (Lipinski definition) is 0. The molecule has 3 aromatic rings. The number of ether oxygens (including phenoxy) is 2. The van der Waals surface area contributed by atoms with E-state index in [2.05, 4.69) is 39.2 Å². The van der Waals surface area contributed by atoms with Gasteiger partial charge in [-0.3, -0.25) is 4.90 Å². The van der Waals surface area contributed by atoms with E-state index >= 15 is 0 Å². The largest absolute Gasteiger partial charge is 0.454 e. The quantitative estimate of drug-likeness (QED) is 0.586. The van der Waals surface area contributed by atoms with Crippen LogP contribution in [0.5, 0.6) is 11.5 Å². The third-order valence-corrected chi connectivity index (χ3v) is 6.13. The molecule has 0 unspecified atom stereocenters. The first-order chi connectivity index (χ1) is 15.6. The number of para-hydroxylation sites is 1. The van der Waals surface area contributed by atoms with Crippen molar-refractivity contribution in [3.05, 3.63) is 59.7 Å². The van der Waals surface area contributed by atoms with Gasteiger partial charge >= 0.3 is 0 Å². The van der Waals surface area contributed by atoms with Gasteiger partial charge in [0, 0.05) is 26.2 Å². The van der Waals surface area contributed by atoms with E-state index in [4.69, 9.17) is 9.47 Å². The number of nitrogens with zero attached hydrogens (tertiary/aromatic N) is 6. The first kappa shape index (κ1) is 20.7. The molecule has 1 atom stereocenters. The highest BCUT2D eigenvalue weighted by Crippen LogP contribution is 2.33. The minimum absolute atomic E-state index is 0.0711. The molecule has 1 fully saturated rings. The second kappa shape index (κ2) is 8.74. The Labute approximate surface area is 186 Å². The number of hydrogen-bond acceptors (Lipinski definition) is 7. The average molecular weight is 439 g/mol. The molecule has 2 aliphatic rings. The van der Waals surface area contributed by atoms with Gasteiger partial charge in [-0.25, -0.2) is 9.07 Å². The monoisotopic (exact) mass is 438 g/mol. The predicted octanol–water partition coefficient (Wildman–Crippen LogP) is 3.11. The Balaban J connectivity index is 1.32. The second-order valence-electron chi connectivity index (χ2n) is 8.55. The van der Waals surface area contributed by atoms with E-state index < -0.39 is 0 Å². The van der Waals surface area contributed by atoms with Crippen molar-refractivity contribution in [1.29, 1.82) is 0 Å². The zero-order chi connectivity index (χ0) is 22.1. The fraction of sp³-hybridized carbons (Fsp3) is 0.435. The third kappa shape index (κ3) is 4.00. The van der Waals surface area contributed by atoms with Gasteiger partial charge in [0.2, 0.25) is 6.79 Å². The predicted molar refractivity (Wildman–Crippen MR) is 117 cm³/mol. The number of halogens is 1. The third-order valence-electron chi connectivity index (χ3n) is 6.13. The average Bonchev–Trinajstić information content (AvgIpc) is 3.44. The van der Waals surface area contributed by atoms with E-state index in [0.29, 0.717) is 18.2 Å². The number of fused-ring (bicyclic) bond motifs is 1. The van der Waals surface area contributed by atoms with E-state index in [1.54, 1.807) is 6.07 Å². The highest BCUT2D eigenvalue weighted by atomic mass is 19.1. The first-order valence-electron chi connectivity index (χ1n) is 11.0. The first-order valence-corrected chi connectivity index (χ1v) is 11.0. The van der Waals surface area contributed by atoms with Crippen molar-refractivity contribution in [3.63, 3.8) is 0 Å². The van der Waals surface area contributed by atoms with Crippen molar-refractivity contribution in [2.75, 3.05) is 37.9 Å². The maximum absolute atomic E-state index is 14.2. The Hall–Kier alpha value is -3.20. The number of anilines is 1.